The molecule has 1 aromatic heterocycles. The Bertz CT molecular complexity index is 385. The van der Waals surface area contributed by atoms with E-state index in [1.54, 1.807) is 6.20 Å². The molecule has 0 aliphatic rings. The van der Waals surface area contributed by atoms with Gasteiger partial charge in [0.1, 0.15) is 11.0 Å². The minimum absolute atomic E-state index is 0.102. The van der Waals surface area contributed by atoms with Gasteiger partial charge in [-0.1, -0.05) is 11.6 Å². The van der Waals surface area contributed by atoms with Crippen molar-refractivity contribution in [3.8, 4) is 0 Å². The first-order valence-corrected chi connectivity index (χ1v) is 5.73. The van der Waals surface area contributed by atoms with Crippen LogP contribution in [-0.2, 0) is 22.4 Å². The van der Waals surface area contributed by atoms with Gasteiger partial charge in [0.15, 0.2) is 0 Å². The Morgan fingerprint density at radius 3 is 2.88 bits per heavy atom. The third-order valence-corrected chi connectivity index (χ3v) is 2.57. The number of halogens is 1. The van der Waals surface area contributed by atoms with Crippen molar-refractivity contribution in [1.82, 2.24) is 9.97 Å². The molecule has 94 valence electrons. The summed E-state index contributed by atoms with van der Waals surface area (Å²) in [5.41, 5.74) is 0.727. The molecule has 0 saturated heterocycles. The number of methoxy groups -OCH3 is 1. The molecule has 1 heterocycles. The number of aryl methyl sites for hydroxylation is 2. The highest BCUT2D eigenvalue weighted by molar-refractivity contribution is 6.30. The van der Waals surface area contributed by atoms with Crippen LogP contribution in [0, 0.1) is 0 Å². The van der Waals surface area contributed by atoms with Gasteiger partial charge in [-0.2, -0.15) is 0 Å². The Morgan fingerprint density at radius 1 is 1.53 bits per heavy atom. The molecule has 0 unspecified atom stereocenters. The average molecular weight is 259 g/mol. The predicted octanol–water partition coefficient (Wildman–Crippen LogP) is 1.16. The van der Waals surface area contributed by atoms with Crippen LogP contribution in [0.4, 0.5) is 0 Å². The van der Waals surface area contributed by atoms with E-state index in [4.69, 9.17) is 16.7 Å². The Kier molecular flexibility index (Phi) is 5.86. The van der Waals surface area contributed by atoms with E-state index in [0.717, 1.165) is 5.56 Å². The maximum atomic E-state index is 11.0. The number of aliphatic hydroxyl groups is 1. The van der Waals surface area contributed by atoms with Gasteiger partial charge in [-0.05, 0) is 12.8 Å². The molecule has 0 fully saturated rings. The van der Waals surface area contributed by atoms with Crippen LogP contribution in [0.5, 0.6) is 0 Å². The number of esters is 1. The van der Waals surface area contributed by atoms with Gasteiger partial charge in [-0.3, -0.25) is 4.79 Å². The Balaban J connectivity index is 2.59. The maximum Gasteiger partial charge on any atom is 0.305 e. The highest BCUT2D eigenvalue weighted by Crippen LogP contribution is 2.14. The second-order valence-corrected chi connectivity index (χ2v) is 3.86. The van der Waals surface area contributed by atoms with Gasteiger partial charge >= 0.3 is 5.97 Å². The molecule has 17 heavy (non-hydrogen) atoms. The number of hydrogen-bond donors (Lipinski definition) is 1. The van der Waals surface area contributed by atoms with Crippen LogP contribution < -0.4 is 0 Å². The fraction of sp³-hybridized carbons (Fsp3) is 0.545. The van der Waals surface area contributed by atoms with Crippen LogP contribution in [0.1, 0.15) is 24.2 Å². The van der Waals surface area contributed by atoms with Crippen molar-refractivity contribution < 1.29 is 14.6 Å². The zero-order chi connectivity index (χ0) is 12.7. The smallest absolute Gasteiger partial charge is 0.305 e. The van der Waals surface area contributed by atoms with Crippen molar-refractivity contribution in [1.29, 1.82) is 0 Å². The molecule has 0 aliphatic heterocycles. The van der Waals surface area contributed by atoms with E-state index >= 15 is 0 Å². The van der Waals surface area contributed by atoms with Crippen LogP contribution in [0.3, 0.4) is 0 Å². The SMILES string of the molecule is COC(=O)CCc1cnc(CCCO)nc1Cl. The maximum absolute atomic E-state index is 11.0. The number of aliphatic hydroxyl groups excluding tert-OH is 1. The number of aromatic nitrogens is 2. The first-order valence-electron chi connectivity index (χ1n) is 5.35. The summed E-state index contributed by atoms with van der Waals surface area (Å²) in [6, 6.07) is 0. The van der Waals surface area contributed by atoms with Crippen LogP contribution in [0.15, 0.2) is 6.20 Å². The van der Waals surface area contributed by atoms with E-state index in [0.29, 0.717) is 30.2 Å². The predicted molar refractivity (Wildman–Crippen MR) is 62.8 cm³/mol. The van der Waals surface area contributed by atoms with Crippen LogP contribution >= 0.6 is 11.6 Å². The van der Waals surface area contributed by atoms with E-state index in [1.807, 2.05) is 0 Å². The average Bonchev–Trinajstić information content (AvgIpc) is 2.34. The molecule has 5 nitrogen and oxygen atoms in total. The van der Waals surface area contributed by atoms with Gasteiger partial charge in [0.05, 0.1) is 7.11 Å². The molecule has 0 bridgehead atoms. The number of hydrogen-bond acceptors (Lipinski definition) is 5. The largest absolute Gasteiger partial charge is 0.469 e. The summed E-state index contributed by atoms with van der Waals surface area (Å²) in [5, 5.41) is 9.04. The number of ether oxygens (including phenoxy) is 1. The number of carbonyl (C=O) groups excluding carboxylic acids is 1. The van der Waals surface area contributed by atoms with Gasteiger partial charge in [0.25, 0.3) is 0 Å². The number of rotatable bonds is 6. The molecule has 0 saturated carbocycles. The minimum atomic E-state index is -0.287. The Labute approximate surface area is 105 Å². The molecule has 0 spiro atoms. The first kappa shape index (κ1) is 13.9. The van der Waals surface area contributed by atoms with Crippen LogP contribution in [0.2, 0.25) is 5.15 Å². The van der Waals surface area contributed by atoms with Crippen molar-refractivity contribution in [3.05, 3.63) is 22.7 Å². The summed E-state index contributed by atoms with van der Waals surface area (Å²) in [7, 11) is 1.35. The second-order valence-electron chi connectivity index (χ2n) is 3.51. The molecular weight excluding hydrogens is 244 g/mol. The highest BCUT2D eigenvalue weighted by atomic mass is 35.5. The monoisotopic (exact) mass is 258 g/mol. The van der Waals surface area contributed by atoms with Gasteiger partial charge < -0.3 is 9.84 Å². The number of nitrogens with zero attached hydrogens (tertiary/aromatic N) is 2. The quantitative estimate of drug-likeness (QED) is 0.612. The molecule has 1 N–H and O–H groups in total. The van der Waals surface area contributed by atoms with Gasteiger partial charge in [0, 0.05) is 31.2 Å². The topological polar surface area (TPSA) is 72.3 Å². The second kappa shape index (κ2) is 7.19. The third-order valence-electron chi connectivity index (χ3n) is 2.25. The molecule has 1 rings (SSSR count). The van der Waals surface area contributed by atoms with E-state index in [1.165, 1.54) is 7.11 Å². The Hall–Kier alpha value is -1.20. The summed E-state index contributed by atoms with van der Waals surface area (Å²) >= 11 is 5.97. The zero-order valence-corrected chi connectivity index (χ0v) is 10.4. The van der Waals surface area contributed by atoms with E-state index in [9.17, 15) is 4.79 Å². The summed E-state index contributed by atoms with van der Waals surface area (Å²) < 4.78 is 4.54. The summed E-state index contributed by atoms with van der Waals surface area (Å²) in [6.07, 6.45) is 3.54. The highest BCUT2D eigenvalue weighted by Gasteiger charge is 2.08. The van der Waals surface area contributed by atoms with E-state index < -0.39 is 0 Å². The van der Waals surface area contributed by atoms with Crippen molar-refractivity contribution in [2.45, 2.75) is 25.7 Å². The zero-order valence-electron chi connectivity index (χ0n) is 9.65. The number of carbonyl (C=O) groups is 1. The Morgan fingerprint density at radius 2 is 2.29 bits per heavy atom. The standard InChI is InChI=1S/C11H15ClN2O3/c1-17-10(16)5-4-8-7-13-9(3-2-6-15)14-11(8)12/h7,15H,2-6H2,1H3. The van der Waals surface area contributed by atoms with Gasteiger partial charge in [-0.25, -0.2) is 9.97 Å². The summed E-state index contributed by atoms with van der Waals surface area (Å²) in [6.45, 7) is 0.102. The molecule has 0 radical (unpaired) electrons. The molecule has 6 heteroatoms. The van der Waals surface area contributed by atoms with Crippen molar-refractivity contribution in [2.24, 2.45) is 0 Å². The van der Waals surface area contributed by atoms with E-state index in [2.05, 4.69) is 14.7 Å². The normalized spacial score (nSPS) is 10.3. The van der Waals surface area contributed by atoms with Crippen LogP contribution in [-0.4, -0.2) is 34.8 Å². The molecule has 0 atom stereocenters. The third kappa shape index (κ3) is 4.66. The molecular formula is C11H15ClN2O3. The fourth-order valence-electron chi connectivity index (χ4n) is 1.28. The lowest BCUT2D eigenvalue weighted by atomic mass is 10.2. The van der Waals surface area contributed by atoms with Crippen LogP contribution in [0.25, 0.3) is 0 Å². The summed E-state index contributed by atoms with van der Waals surface area (Å²) in [5.74, 6) is 0.316. The lowest BCUT2D eigenvalue weighted by molar-refractivity contribution is -0.140. The van der Waals surface area contributed by atoms with Crippen molar-refractivity contribution in [3.63, 3.8) is 0 Å². The minimum Gasteiger partial charge on any atom is -0.469 e. The van der Waals surface area contributed by atoms with Crippen molar-refractivity contribution >= 4 is 17.6 Å². The molecule has 1 aromatic rings. The first-order chi connectivity index (χ1) is 8.17. The lowest BCUT2D eigenvalue weighted by Gasteiger charge is -2.04. The molecule has 0 aromatic carbocycles. The van der Waals surface area contributed by atoms with E-state index in [-0.39, 0.29) is 19.0 Å². The fourth-order valence-corrected chi connectivity index (χ4v) is 1.52. The van der Waals surface area contributed by atoms with Gasteiger partial charge in [-0.15, -0.1) is 0 Å². The lowest BCUT2D eigenvalue weighted by Crippen LogP contribution is -2.04. The summed E-state index contributed by atoms with van der Waals surface area (Å²) in [4.78, 5) is 19.2. The van der Waals surface area contributed by atoms with Gasteiger partial charge in [0.2, 0.25) is 0 Å². The molecule has 0 aliphatic carbocycles. The molecule has 0 amide bonds. The van der Waals surface area contributed by atoms with Crippen molar-refractivity contribution in [2.75, 3.05) is 13.7 Å².